The summed E-state index contributed by atoms with van der Waals surface area (Å²) >= 11 is 0. The molecule has 0 spiro atoms. The number of hydrogen-bond donors (Lipinski definition) is 3. The van der Waals surface area contributed by atoms with E-state index in [9.17, 15) is 13.2 Å². The van der Waals surface area contributed by atoms with Gasteiger partial charge in [0, 0.05) is 29.3 Å². The number of fused-ring (bicyclic) bond motifs is 1. The molecule has 7 nitrogen and oxygen atoms in total. The van der Waals surface area contributed by atoms with Crippen LogP contribution in [0.5, 0.6) is 0 Å². The monoisotopic (exact) mass is 296 g/mol. The summed E-state index contributed by atoms with van der Waals surface area (Å²) in [4.78, 5) is 14.0. The van der Waals surface area contributed by atoms with E-state index in [0.717, 1.165) is 4.31 Å². The highest BCUT2D eigenvalue weighted by molar-refractivity contribution is 7.89. The van der Waals surface area contributed by atoms with Crippen LogP contribution in [-0.2, 0) is 14.8 Å². The summed E-state index contributed by atoms with van der Waals surface area (Å²) in [7, 11) is -3.80. The highest BCUT2D eigenvalue weighted by atomic mass is 32.2. The van der Waals surface area contributed by atoms with Crippen molar-refractivity contribution in [3.63, 3.8) is 0 Å². The first-order valence-electron chi connectivity index (χ1n) is 6.01. The Morgan fingerprint density at radius 2 is 2.10 bits per heavy atom. The van der Waals surface area contributed by atoms with E-state index in [4.69, 9.17) is 11.5 Å². The Hall–Kier alpha value is -2.06. The van der Waals surface area contributed by atoms with E-state index in [2.05, 4.69) is 4.98 Å². The van der Waals surface area contributed by atoms with Gasteiger partial charge in [-0.3, -0.25) is 4.79 Å². The van der Waals surface area contributed by atoms with Gasteiger partial charge in [0.25, 0.3) is 0 Å². The van der Waals surface area contributed by atoms with Crippen molar-refractivity contribution in [2.75, 3.05) is 18.8 Å². The van der Waals surface area contributed by atoms with E-state index in [1.807, 2.05) is 0 Å². The second kappa shape index (κ2) is 5.14. The molecule has 0 saturated carbocycles. The lowest BCUT2D eigenvalue weighted by atomic mass is 10.2. The van der Waals surface area contributed by atoms with Crippen molar-refractivity contribution in [3.05, 3.63) is 24.4 Å². The Morgan fingerprint density at radius 3 is 2.70 bits per heavy atom. The molecule has 108 valence electrons. The van der Waals surface area contributed by atoms with Crippen LogP contribution < -0.4 is 11.5 Å². The summed E-state index contributed by atoms with van der Waals surface area (Å²) in [5.74, 6) is -0.699. The second-order valence-electron chi connectivity index (χ2n) is 4.36. The van der Waals surface area contributed by atoms with Crippen LogP contribution >= 0.6 is 0 Å². The maximum absolute atomic E-state index is 12.5. The van der Waals surface area contributed by atoms with Gasteiger partial charge in [0.15, 0.2) is 0 Å². The minimum Gasteiger partial charge on any atom is -0.399 e. The van der Waals surface area contributed by atoms with E-state index >= 15 is 0 Å². The van der Waals surface area contributed by atoms with Crippen molar-refractivity contribution in [2.24, 2.45) is 5.73 Å². The molecule has 0 saturated heterocycles. The number of nitrogens with zero attached hydrogens (tertiary/aromatic N) is 1. The van der Waals surface area contributed by atoms with Crippen molar-refractivity contribution in [2.45, 2.75) is 11.8 Å². The number of carbonyl (C=O) groups excluding carboxylic acids is 1. The molecule has 2 aromatic rings. The fraction of sp³-hybridized carbons (Fsp3) is 0.250. The summed E-state index contributed by atoms with van der Waals surface area (Å²) in [6.45, 7) is 1.44. The number of nitrogens with two attached hydrogens (primary N) is 2. The van der Waals surface area contributed by atoms with Gasteiger partial charge >= 0.3 is 0 Å². The molecule has 1 aromatic heterocycles. The van der Waals surface area contributed by atoms with Crippen LogP contribution in [-0.4, -0.2) is 36.7 Å². The van der Waals surface area contributed by atoms with Crippen LogP contribution in [0.1, 0.15) is 6.92 Å². The van der Waals surface area contributed by atoms with Gasteiger partial charge in [0.1, 0.15) is 4.90 Å². The van der Waals surface area contributed by atoms with E-state index in [0.29, 0.717) is 16.6 Å². The average Bonchev–Trinajstić information content (AvgIpc) is 2.78. The van der Waals surface area contributed by atoms with Gasteiger partial charge in [-0.05, 0) is 18.2 Å². The number of nitrogen functional groups attached to an aromatic ring is 1. The Balaban J connectivity index is 2.56. The van der Waals surface area contributed by atoms with Gasteiger partial charge in [0.05, 0.1) is 6.54 Å². The molecule has 0 fully saturated rings. The number of likely N-dealkylation sites (N-methyl/N-ethyl adjacent to an activating group) is 1. The number of amides is 1. The fourth-order valence-electron chi connectivity index (χ4n) is 2.01. The largest absolute Gasteiger partial charge is 0.399 e. The molecule has 0 radical (unpaired) electrons. The molecule has 0 unspecified atom stereocenters. The number of carbonyl (C=O) groups is 1. The third-order valence-electron chi connectivity index (χ3n) is 2.97. The maximum atomic E-state index is 12.5. The Bertz CT molecular complexity index is 751. The molecule has 20 heavy (non-hydrogen) atoms. The first-order chi connectivity index (χ1) is 9.36. The van der Waals surface area contributed by atoms with Crippen LogP contribution in [0, 0.1) is 0 Å². The van der Waals surface area contributed by atoms with Crippen LogP contribution in [0.2, 0.25) is 0 Å². The number of aromatic nitrogens is 1. The molecular formula is C12H16N4O3S. The zero-order valence-electron chi connectivity index (χ0n) is 11.0. The molecule has 1 amide bonds. The third kappa shape index (κ3) is 2.47. The Kier molecular flexibility index (Phi) is 3.69. The van der Waals surface area contributed by atoms with Crippen molar-refractivity contribution < 1.29 is 13.2 Å². The molecule has 2 rings (SSSR count). The maximum Gasteiger partial charge on any atom is 0.245 e. The number of sulfonamides is 1. The van der Waals surface area contributed by atoms with Gasteiger partial charge in [0.2, 0.25) is 15.9 Å². The van der Waals surface area contributed by atoms with Crippen molar-refractivity contribution in [1.82, 2.24) is 9.29 Å². The lowest BCUT2D eigenvalue weighted by Crippen LogP contribution is -2.38. The van der Waals surface area contributed by atoms with E-state index < -0.39 is 15.9 Å². The molecule has 0 atom stereocenters. The number of H-pyrrole nitrogens is 1. The zero-order chi connectivity index (χ0) is 14.9. The number of hydrogen-bond acceptors (Lipinski definition) is 4. The molecule has 5 N–H and O–H groups in total. The van der Waals surface area contributed by atoms with Gasteiger partial charge < -0.3 is 16.5 Å². The van der Waals surface area contributed by atoms with Gasteiger partial charge in [-0.25, -0.2) is 8.42 Å². The summed E-state index contributed by atoms with van der Waals surface area (Å²) in [5, 5.41) is 0.493. The highest BCUT2D eigenvalue weighted by Gasteiger charge is 2.27. The summed E-state index contributed by atoms with van der Waals surface area (Å²) < 4.78 is 26.1. The minimum atomic E-state index is -3.80. The molecule has 1 heterocycles. The number of benzene rings is 1. The number of nitrogens with one attached hydrogen (secondary N) is 1. The summed E-state index contributed by atoms with van der Waals surface area (Å²) in [6, 6.07) is 4.96. The lowest BCUT2D eigenvalue weighted by molar-refractivity contribution is -0.118. The molecule has 0 aliphatic heterocycles. The van der Waals surface area contributed by atoms with Gasteiger partial charge in [-0.1, -0.05) is 6.92 Å². The van der Waals surface area contributed by atoms with Crippen molar-refractivity contribution in [1.29, 1.82) is 0 Å². The molecule has 0 aliphatic rings. The molecule has 8 heteroatoms. The lowest BCUT2D eigenvalue weighted by Gasteiger charge is -2.18. The molecule has 0 aliphatic carbocycles. The van der Waals surface area contributed by atoms with Crippen molar-refractivity contribution >= 4 is 32.5 Å². The zero-order valence-corrected chi connectivity index (χ0v) is 11.8. The standard InChI is InChI=1S/C12H16N4O3S/c1-2-16(7-12(14)17)20(18,19)11-6-15-10-4-3-8(13)5-9(10)11/h3-6,15H,2,7,13H2,1H3,(H2,14,17). The predicted molar refractivity (Wildman–Crippen MR) is 76.3 cm³/mol. The van der Waals surface area contributed by atoms with Crippen molar-refractivity contribution in [3.8, 4) is 0 Å². The minimum absolute atomic E-state index is 0.0860. The van der Waals surface area contributed by atoms with Crippen LogP contribution in [0.15, 0.2) is 29.3 Å². The van der Waals surface area contributed by atoms with Gasteiger partial charge in [-0.15, -0.1) is 0 Å². The summed E-state index contributed by atoms with van der Waals surface area (Å²) in [6.07, 6.45) is 1.39. The smallest absolute Gasteiger partial charge is 0.245 e. The number of primary amides is 1. The SMILES string of the molecule is CCN(CC(N)=O)S(=O)(=O)c1c[nH]c2ccc(N)cc12. The van der Waals surface area contributed by atoms with E-state index in [-0.39, 0.29) is 18.0 Å². The number of rotatable bonds is 5. The fourth-order valence-corrected chi connectivity index (χ4v) is 3.58. The third-order valence-corrected chi connectivity index (χ3v) is 4.93. The topological polar surface area (TPSA) is 122 Å². The first kappa shape index (κ1) is 14.4. The van der Waals surface area contributed by atoms with Gasteiger partial charge in [-0.2, -0.15) is 4.31 Å². The Morgan fingerprint density at radius 1 is 1.40 bits per heavy atom. The second-order valence-corrected chi connectivity index (χ2v) is 6.26. The van der Waals surface area contributed by atoms with Crippen LogP contribution in [0.25, 0.3) is 10.9 Å². The predicted octanol–water partition coefficient (Wildman–Crippen LogP) is 0.246. The average molecular weight is 296 g/mol. The normalized spacial score (nSPS) is 12.1. The highest BCUT2D eigenvalue weighted by Crippen LogP contribution is 2.27. The molecular weight excluding hydrogens is 280 g/mol. The molecule has 1 aromatic carbocycles. The molecule has 0 bridgehead atoms. The van der Waals surface area contributed by atoms with Crippen LogP contribution in [0.4, 0.5) is 5.69 Å². The Labute approximate surface area is 116 Å². The number of aromatic amines is 1. The first-order valence-corrected chi connectivity index (χ1v) is 7.45. The van der Waals surface area contributed by atoms with Crippen LogP contribution in [0.3, 0.4) is 0 Å². The number of anilines is 1. The van der Waals surface area contributed by atoms with E-state index in [1.54, 1.807) is 25.1 Å². The summed E-state index contributed by atoms with van der Waals surface area (Å²) in [5.41, 5.74) is 11.9. The van der Waals surface area contributed by atoms with E-state index in [1.165, 1.54) is 6.20 Å². The quantitative estimate of drug-likeness (QED) is 0.684.